The van der Waals surface area contributed by atoms with E-state index < -0.39 is 0 Å². The largest absolute Gasteiger partial charge is 0.487 e. The van der Waals surface area contributed by atoms with Crippen LogP contribution in [0.2, 0.25) is 0 Å². The van der Waals surface area contributed by atoms with Crippen molar-refractivity contribution in [1.82, 2.24) is 0 Å². The van der Waals surface area contributed by atoms with Crippen LogP contribution in [-0.2, 0) is 0 Å². The van der Waals surface area contributed by atoms with Crippen LogP contribution in [0, 0.1) is 11.8 Å². The quantitative estimate of drug-likeness (QED) is 0.793. The van der Waals surface area contributed by atoms with Crippen molar-refractivity contribution in [3.8, 4) is 5.75 Å². The first kappa shape index (κ1) is 15.4. The molecule has 0 radical (unpaired) electrons. The molecule has 0 bridgehead atoms. The van der Waals surface area contributed by atoms with Gasteiger partial charge in [-0.05, 0) is 49.7 Å². The number of fused-ring (bicyclic) bond motifs is 1. The fourth-order valence-electron chi connectivity index (χ4n) is 4.28. The van der Waals surface area contributed by atoms with Gasteiger partial charge in [-0.1, -0.05) is 42.3 Å². The van der Waals surface area contributed by atoms with Crippen LogP contribution in [0.1, 0.15) is 64.0 Å². The van der Waals surface area contributed by atoms with Gasteiger partial charge in [0.1, 0.15) is 11.4 Å². The Morgan fingerprint density at radius 1 is 1.38 bits per heavy atom. The van der Waals surface area contributed by atoms with Gasteiger partial charge in [0.05, 0.1) is 0 Å². The molecule has 1 fully saturated rings. The third kappa shape index (κ3) is 3.29. The lowest BCUT2D eigenvalue weighted by atomic mass is 9.71. The lowest BCUT2D eigenvalue weighted by Gasteiger charge is -2.46. The van der Waals surface area contributed by atoms with Crippen molar-refractivity contribution in [3.63, 3.8) is 0 Å². The first-order chi connectivity index (χ1) is 9.97. The molecule has 2 aliphatic rings. The topological polar surface area (TPSA) is 35.2 Å². The Morgan fingerprint density at radius 3 is 2.95 bits per heavy atom. The second-order valence-electron chi connectivity index (χ2n) is 7.37. The summed E-state index contributed by atoms with van der Waals surface area (Å²) in [6.07, 6.45) is 7.23. The molecular formula is C18H26BrNO. The molecule has 1 aliphatic carbocycles. The van der Waals surface area contributed by atoms with E-state index in [9.17, 15) is 0 Å². The van der Waals surface area contributed by atoms with E-state index in [2.05, 4.69) is 48.0 Å². The minimum Gasteiger partial charge on any atom is -0.487 e. The molecule has 1 spiro atoms. The monoisotopic (exact) mass is 351 g/mol. The van der Waals surface area contributed by atoms with Gasteiger partial charge in [-0.15, -0.1) is 0 Å². The van der Waals surface area contributed by atoms with E-state index in [-0.39, 0.29) is 11.6 Å². The fraction of sp³-hybridized carbons (Fsp3) is 0.667. The van der Waals surface area contributed by atoms with Crippen LogP contribution in [0.5, 0.6) is 5.75 Å². The van der Waals surface area contributed by atoms with E-state index >= 15 is 0 Å². The number of ether oxygens (including phenoxy) is 1. The summed E-state index contributed by atoms with van der Waals surface area (Å²) >= 11 is 3.55. The van der Waals surface area contributed by atoms with Crippen LogP contribution >= 0.6 is 15.9 Å². The number of benzene rings is 1. The Kier molecular flexibility index (Phi) is 4.33. The molecule has 2 unspecified atom stereocenters. The molecule has 2 N–H and O–H groups in total. The minimum atomic E-state index is -0.0228. The highest BCUT2D eigenvalue weighted by Crippen LogP contribution is 2.48. The van der Waals surface area contributed by atoms with Gasteiger partial charge in [-0.2, -0.15) is 0 Å². The zero-order valence-electron chi connectivity index (χ0n) is 13.1. The maximum atomic E-state index is 6.51. The summed E-state index contributed by atoms with van der Waals surface area (Å²) < 4.78 is 7.58. The molecule has 2 nitrogen and oxygen atoms in total. The second-order valence-corrected chi connectivity index (χ2v) is 8.29. The van der Waals surface area contributed by atoms with Crippen molar-refractivity contribution in [2.24, 2.45) is 17.6 Å². The number of nitrogens with two attached hydrogens (primary N) is 1. The zero-order valence-corrected chi connectivity index (χ0v) is 14.7. The molecule has 1 saturated carbocycles. The first-order valence-corrected chi connectivity index (χ1v) is 9.01. The first-order valence-electron chi connectivity index (χ1n) is 8.21. The van der Waals surface area contributed by atoms with Crippen molar-refractivity contribution < 1.29 is 4.74 Å². The van der Waals surface area contributed by atoms with Gasteiger partial charge in [-0.25, -0.2) is 0 Å². The van der Waals surface area contributed by atoms with Gasteiger partial charge in [0.2, 0.25) is 0 Å². The maximum absolute atomic E-state index is 6.51. The summed E-state index contributed by atoms with van der Waals surface area (Å²) in [5.74, 6) is 2.55. The molecular weight excluding hydrogens is 326 g/mol. The highest BCUT2D eigenvalue weighted by atomic mass is 79.9. The van der Waals surface area contributed by atoms with Gasteiger partial charge in [0, 0.05) is 22.5 Å². The third-order valence-electron chi connectivity index (χ3n) is 5.00. The highest BCUT2D eigenvalue weighted by Gasteiger charge is 2.43. The van der Waals surface area contributed by atoms with E-state index in [1.165, 1.54) is 25.7 Å². The van der Waals surface area contributed by atoms with Crippen molar-refractivity contribution in [1.29, 1.82) is 0 Å². The van der Waals surface area contributed by atoms with Crippen molar-refractivity contribution in [3.05, 3.63) is 28.2 Å². The minimum absolute atomic E-state index is 0.0228. The molecule has 3 atom stereocenters. The lowest BCUT2D eigenvalue weighted by molar-refractivity contribution is -0.0202. The molecule has 3 rings (SSSR count). The normalized spacial score (nSPS) is 32.0. The van der Waals surface area contributed by atoms with Crippen LogP contribution < -0.4 is 10.5 Å². The summed E-state index contributed by atoms with van der Waals surface area (Å²) in [5.41, 5.74) is 7.59. The number of halogens is 1. The Labute approximate surface area is 136 Å². The van der Waals surface area contributed by atoms with Gasteiger partial charge in [0.25, 0.3) is 0 Å². The average Bonchev–Trinajstić information content (AvgIpc) is 2.37. The van der Waals surface area contributed by atoms with E-state index in [0.717, 1.165) is 40.5 Å². The summed E-state index contributed by atoms with van der Waals surface area (Å²) in [5, 5.41) is 0. The van der Waals surface area contributed by atoms with Crippen LogP contribution in [0.4, 0.5) is 0 Å². The number of rotatable bonds is 2. The number of hydrogen-bond acceptors (Lipinski definition) is 2. The average molecular weight is 352 g/mol. The lowest BCUT2D eigenvalue weighted by Crippen LogP contribution is -2.46. The molecule has 1 aromatic carbocycles. The van der Waals surface area contributed by atoms with Crippen LogP contribution in [0.3, 0.4) is 0 Å². The van der Waals surface area contributed by atoms with E-state index in [0.29, 0.717) is 0 Å². The van der Waals surface area contributed by atoms with E-state index in [4.69, 9.17) is 10.5 Å². The Balaban J connectivity index is 1.83. The molecule has 0 saturated heterocycles. The molecule has 1 aromatic rings. The molecule has 21 heavy (non-hydrogen) atoms. The molecule has 116 valence electrons. The van der Waals surface area contributed by atoms with Gasteiger partial charge < -0.3 is 10.5 Å². The van der Waals surface area contributed by atoms with Gasteiger partial charge in [0.15, 0.2) is 0 Å². The summed E-state index contributed by atoms with van der Waals surface area (Å²) in [6.45, 7) is 4.64. The molecule has 0 aromatic heterocycles. The van der Waals surface area contributed by atoms with Crippen LogP contribution in [0.15, 0.2) is 22.7 Å². The van der Waals surface area contributed by atoms with Crippen molar-refractivity contribution >= 4 is 15.9 Å². The Bertz CT molecular complexity index is 516. The number of hydrogen-bond donors (Lipinski definition) is 1. The molecule has 1 aliphatic heterocycles. The SMILES string of the molecule is CC(C)CC1CCCC2(C1)C[C@H](N)c1ccc(Br)cc1O2. The van der Waals surface area contributed by atoms with Gasteiger partial charge >= 0.3 is 0 Å². The predicted molar refractivity (Wildman–Crippen MR) is 90.5 cm³/mol. The highest BCUT2D eigenvalue weighted by molar-refractivity contribution is 9.10. The summed E-state index contributed by atoms with van der Waals surface area (Å²) in [4.78, 5) is 0. The van der Waals surface area contributed by atoms with Crippen molar-refractivity contribution in [2.45, 2.75) is 64.0 Å². The fourth-order valence-corrected chi connectivity index (χ4v) is 4.62. The van der Waals surface area contributed by atoms with Crippen molar-refractivity contribution in [2.75, 3.05) is 0 Å². The molecule has 0 amide bonds. The third-order valence-corrected chi connectivity index (χ3v) is 5.50. The molecule has 3 heteroatoms. The predicted octanol–water partition coefficient (Wildman–Crippen LogP) is 5.21. The summed E-state index contributed by atoms with van der Waals surface area (Å²) in [7, 11) is 0. The molecule has 1 heterocycles. The van der Waals surface area contributed by atoms with Gasteiger partial charge in [-0.3, -0.25) is 0 Å². The van der Waals surface area contributed by atoms with E-state index in [1.54, 1.807) is 0 Å². The second kappa shape index (κ2) is 5.92. The van der Waals surface area contributed by atoms with Crippen LogP contribution in [-0.4, -0.2) is 5.60 Å². The Morgan fingerprint density at radius 2 is 2.19 bits per heavy atom. The Hall–Kier alpha value is -0.540. The van der Waals surface area contributed by atoms with E-state index in [1.807, 2.05) is 0 Å². The maximum Gasteiger partial charge on any atom is 0.126 e. The standard InChI is InChI=1S/C18H26BrNO/c1-12(2)8-13-4-3-7-18(10-13)11-16(20)15-6-5-14(19)9-17(15)21-18/h5-6,9,12-13,16H,3-4,7-8,10-11,20H2,1-2H3/t13?,16-,18?/m0/s1. The summed E-state index contributed by atoms with van der Waals surface area (Å²) in [6, 6.07) is 6.36. The zero-order chi connectivity index (χ0) is 15.0. The van der Waals surface area contributed by atoms with Crippen LogP contribution in [0.25, 0.3) is 0 Å². The smallest absolute Gasteiger partial charge is 0.126 e.